The smallest absolute Gasteiger partial charge is 0.255 e. The van der Waals surface area contributed by atoms with Crippen molar-refractivity contribution >= 4 is 23.2 Å². The molecule has 1 N–H and O–H groups in total. The number of nitrogens with one attached hydrogen (secondary N) is 1. The zero-order valence-electron chi connectivity index (χ0n) is 10.5. The Labute approximate surface area is 117 Å². The van der Waals surface area contributed by atoms with Crippen molar-refractivity contribution in [3.8, 4) is 5.75 Å². The molecule has 2 rings (SSSR count). The highest BCUT2D eigenvalue weighted by atomic mass is 35.5. The molecular weight excluding hydrogens is 262 g/mol. The quantitative estimate of drug-likeness (QED) is 0.916. The van der Waals surface area contributed by atoms with Crippen molar-refractivity contribution in [2.24, 2.45) is 0 Å². The minimum Gasteiger partial charge on any atom is -0.492 e. The van der Waals surface area contributed by atoms with Gasteiger partial charge in [-0.3, -0.25) is 4.79 Å². The van der Waals surface area contributed by atoms with Crippen LogP contribution in [-0.4, -0.2) is 12.5 Å². The first-order valence-corrected chi connectivity index (χ1v) is 6.37. The number of carbonyl (C=O) groups is 1. The number of hydrogen-bond acceptors (Lipinski definition) is 2. The molecule has 4 heteroatoms. The summed E-state index contributed by atoms with van der Waals surface area (Å²) < 4.78 is 5.34. The van der Waals surface area contributed by atoms with E-state index in [-0.39, 0.29) is 5.91 Å². The van der Waals surface area contributed by atoms with Gasteiger partial charge in [0.05, 0.1) is 11.6 Å². The molecule has 0 saturated heterocycles. The lowest BCUT2D eigenvalue weighted by Crippen LogP contribution is -2.11. The van der Waals surface area contributed by atoms with Crippen molar-refractivity contribution < 1.29 is 9.53 Å². The molecule has 0 fully saturated rings. The van der Waals surface area contributed by atoms with E-state index < -0.39 is 0 Å². The van der Waals surface area contributed by atoms with Crippen LogP contribution in [0.25, 0.3) is 0 Å². The number of rotatable bonds is 4. The largest absolute Gasteiger partial charge is 0.492 e. The molecule has 19 heavy (non-hydrogen) atoms. The van der Waals surface area contributed by atoms with Gasteiger partial charge in [0.25, 0.3) is 5.91 Å². The van der Waals surface area contributed by atoms with Gasteiger partial charge < -0.3 is 10.1 Å². The highest BCUT2D eigenvalue weighted by Crippen LogP contribution is 2.27. The number of ether oxygens (including phenoxy) is 1. The van der Waals surface area contributed by atoms with Crippen LogP contribution >= 0.6 is 11.6 Å². The van der Waals surface area contributed by atoms with Crippen molar-refractivity contribution in [2.45, 2.75) is 6.92 Å². The second kappa shape index (κ2) is 6.25. The molecule has 1 amide bonds. The van der Waals surface area contributed by atoms with Gasteiger partial charge in [-0.15, -0.1) is 0 Å². The van der Waals surface area contributed by atoms with E-state index in [2.05, 4.69) is 5.32 Å². The molecule has 0 unspecified atom stereocenters. The third-order valence-corrected chi connectivity index (χ3v) is 2.82. The molecule has 0 aliphatic carbocycles. The summed E-state index contributed by atoms with van der Waals surface area (Å²) in [6.45, 7) is 2.44. The lowest BCUT2D eigenvalue weighted by molar-refractivity contribution is 0.102. The summed E-state index contributed by atoms with van der Waals surface area (Å²) >= 11 is 6.06. The Bertz CT molecular complexity index is 570. The third kappa shape index (κ3) is 3.48. The van der Waals surface area contributed by atoms with Crippen LogP contribution in [0.5, 0.6) is 5.75 Å². The van der Waals surface area contributed by atoms with Crippen molar-refractivity contribution in [1.82, 2.24) is 0 Å². The summed E-state index contributed by atoms with van der Waals surface area (Å²) in [7, 11) is 0. The fourth-order valence-electron chi connectivity index (χ4n) is 1.64. The summed E-state index contributed by atoms with van der Waals surface area (Å²) in [5.41, 5.74) is 1.25. The summed E-state index contributed by atoms with van der Waals surface area (Å²) in [5, 5.41) is 3.27. The van der Waals surface area contributed by atoms with E-state index in [1.54, 1.807) is 30.3 Å². The van der Waals surface area contributed by atoms with Gasteiger partial charge in [0.2, 0.25) is 0 Å². The zero-order valence-corrected chi connectivity index (χ0v) is 11.3. The first kappa shape index (κ1) is 13.4. The Balaban J connectivity index is 2.12. The van der Waals surface area contributed by atoms with Gasteiger partial charge in [-0.2, -0.15) is 0 Å². The molecule has 0 spiro atoms. The van der Waals surface area contributed by atoms with E-state index in [1.165, 1.54) is 0 Å². The van der Waals surface area contributed by atoms with Crippen LogP contribution in [0.15, 0.2) is 48.5 Å². The Hall–Kier alpha value is -2.00. The number of carbonyl (C=O) groups excluding carboxylic acids is 1. The van der Waals surface area contributed by atoms with Crippen LogP contribution in [0, 0.1) is 0 Å². The first-order chi connectivity index (χ1) is 9.20. The van der Waals surface area contributed by atoms with Gasteiger partial charge in [0, 0.05) is 11.3 Å². The summed E-state index contributed by atoms with van der Waals surface area (Å²) in [5.74, 6) is 0.447. The molecule has 3 nitrogen and oxygen atoms in total. The highest BCUT2D eigenvalue weighted by molar-refractivity contribution is 6.32. The predicted octanol–water partition coefficient (Wildman–Crippen LogP) is 3.99. The number of benzene rings is 2. The molecule has 0 bridgehead atoms. The summed E-state index contributed by atoms with van der Waals surface area (Å²) in [6.07, 6.45) is 0. The Morgan fingerprint density at radius 3 is 2.58 bits per heavy atom. The topological polar surface area (TPSA) is 38.3 Å². The van der Waals surface area contributed by atoms with E-state index in [4.69, 9.17) is 16.3 Å². The minimum atomic E-state index is -0.166. The van der Waals surface area contributed by atoms with E-state index in [9.17, 15) is 4.79 Å². The Kier molecular flexibility index (Phi) is 4.42. The maximum atomic E-state index is 12.0. The number of amides is 1. The van der Waals surface area contributed by atoms with Gasteiger partial charge in [-0.05, 0) is 37.3 Å². The molecule has 0 saturated carbocycles. The zero-order chi connectivity index (χ0) is 13.7. The molecule has 0 atom stereocenters. The van der Waals surface area contributed by atoms with Crippen LogP contribution in [0.3, 0.4) is 0 Å². The lowest BCUT2D eigenvalue weighted by Gasteiger charge is -2.09. The Morgan fingerprint density at radius 1 is 1.21 bits per heavy atom. The van der Waals surface area contributed by atoms with E-state index in [1.807, 2.05) is 25.1 Å². The fourth-order valence-corrected chi connectivity index (χ4v) is 1.88. The molecular formula is C15H14ClNO2. The number of anilines is 1. The van der Waals surface area contributed by atoms with Gasteiger partial charge in [-0.1, -0.05) is 29.8 Å². The van der Waals surface area contributed by atoms with Crippen molar-refractivity contribution in [3.05, 3.63) is 59.1 Å². The SMILES string of the molecule is CCOc1ccc(NC(=O)c2ccccc2)cc1Cl. The maximum absolute atomic E-state index is 12.0. The minimum absolute atomic E-state index is 0.166. The predicted molar refractivity (Wildman–Crippen MR) is 77.0 cm³/mol. The van der Waals surface area contributed by atoms with E-state index in [0.717, 1.165) is 0 Å². The molecule has 0 radical (unpaired) electrons. The second-order valence-corrected chi connectivity index (χ2v) is 4.31. The second-order valence-electron chi connectivity index (χ2n) is 3.90. The maximum Gasteiger partial charge on any atom is 0.255 e. The fraction of sp³-hybridized carbons (Fsp3) is 0.133. The average molecular weight is 276 g/mol. The van der Waals surface area contributed by atoms with Gasteiger partial charge in [0.1, 0.15) is 5.75 Å². The average Bonchev–Trinajstić information content (AvgIpc) is 2.43. The van der Waals surface area contributed by atoms with Crippen LogP contribution in [0.2, 0.25) is 5.02 Å². The van der Waals surface area contributed by atoms with Gasteiger partial charge in [0.15, 0.2) is 0 Å². The van der Waals surface area contributed by atoms with Crippen molar-refractivity contribution in [2.75, 3.05) is 11.9 Å². The van der Waals surface area contributed by atoms with Crippen LogP contribution in [0.1, 0.15) is 17.3 Å². The number of halogens is 1. The standard InChI is InChI=1S/C15H14ClNO2/c1-2-19-14-9-8-12(10-13(14)16)17-15(18)11-6-4-3-5-7-11/h3-10H,2H2,1H3,(H,17,18). The molecule has 0 aliphatic rings. The van der Waals surface area contributed by atoms with Crippen LogP contribution in [-0.2, 0) is 0 Å². The molecule has 2 aromatic rings. The van der Waals surface area contributed by atoms with Crippen molar-refractivity contribution in [1.29, 1.82) is 0 Å². The molecule has 0 heterocycles. The summed E-state index contributed by atoms with van der Waals surface area (Å²) in [6, 6.07) is 14.2. The normalized spacial score (nSPS) is 10.0. The molecule has 98 valence electrons. The van der Waals surface area contributed by atoms with Gasteiger partial charge >= 0.3 is 0 Å². The third-order valence-electron chi connectivity index (χ3n) is 2.53. The van der Waals surface area contributed by atoms with Gasteiger partial charge in [-0.25, -0.2) is 0 Å². The van der Waals surface area contributed by atoms with Crippen molar-refractivity contribution in [3.63, 3.8) is 0 Å². The summed E-state index contributed by atoms with van der Waals surface area (Å²) in [4.78, 5) is 12.0. The number of hydrogen-bond donors (Lipinski definition) is 1. The Morgan fingerprint density at radius 2 is 1.95 bits per heavy atom. The molecule has 0 aliphatic heterocycles. The first-order valence-electron chi connectivity index (χ1n) is 5.99. The highest BCUT2D eigenvalue weighted by Gasteiger charge is 2.07. The molecule has 2 aromatic carbocycles. The van der Waals surface area contributed by atoms with Crippen LogP contribution < -0.4 is 10.1 Å². The van der Waals surface area contributed by atoms with Crippen LogP contribution in [0.4, 0.5) is 5.69 Å². The van der Waals surface area contributed by atoms with E-state index in [0.29, 0.717) is 28.6 Å². The molecule has 0 aromatic heterocycles. The van der Waals surface area contributed by atoms with E-state index >= 15 is 0 Å². The lowest BCUT2D eigenvalue weighted by atomic mass is 10.2. The monoisotopic (exact) mass is 275 g/mol.